The third-order valence-corrected chi connectivity index (χ3v) is 4.62. The first kappa shape index (κ1) is 21.9. The van der Waals surface area contributed by atoms with E-state index in [1.54, 1.807) is 37.3 Å². The maximum Gasteiger partial charge on any atom is 0.271 e. The van der Waals surface area contributed by atoms with Crippen molar-refractivity contribution in [1.29, 1.82) is 0 Å². The highest BCUT2D eigenvalue weighted by atomic mass is 16.5. The van der Waals surface area contributed by atoms with E-state index in [1.165, 1.54) is 7.11 Å². The van der Waals surface area contributed by atoms with Crippen molar-refractivity contribution in [2.75, 3.05) is 25.1 Å². The smallest absolute Gasteiger partial charge is 0.271 e. The lowest BCUT2D eigenvalue weighted by Gasteiger charge is -2.20. The molecule has 2 rings (SSSR count). The van der Waals surface area contributed by atoms with E-state index in [2.05, 4.69) is 29.3 Å². The van der Waals surface area contributed by atoms with E-state index >= 15 is 0 Å². The fraction of sp³-hybridized carbons (Fsp3) is 0.318. The third kappa shape index (κ3) is 5.81. The van der Waals surface area contributed by atoms with E-state index in [0.29, 0.717) is 28.2 Å². The van der Waals surface area contributed by atoms with E-state index < -0.39 is 5.97 Å². The summed E-state index contributed by atoms with van der Waals surface area (Å²) in [5.74, 6) is -1.06. The second kappa shape index (κ2) is 10.3. The van der Waals surface area contributed by atoms with Crippen LogP contribution in [0.4, 0.5) is 5.69 Å². The summed E-state index contributed by atoms with van der Waals surface area (Å²) in [6, 6.07) is 12.4. The number of amides is 1. The van der Waals surface area contributed by atoms with Crippen LogP contribution in [0.1, 0.15) is 42.3 Å². The van der Waals surface area contributed by atoms with Crippen molar-refractivity contribution >= 4 is 23.3 Å². The molecule has 0 spiro atoms. The quantitative estimate of drug-likeness (QED) is 0.517. The number of carbonyl (C=O) groups is 2. The van der Waals surface area contributed by atoms with Gasteiger partial charge in [-0.2, -0.15) is 5.10 Å². The first-order valence-electron chi connectivity index (χ1n) is 9.46. The minimum atomic E-state index is -1.20. The summed E-state index contributed by atoms with van der Waals surface area (Å²) < 4.78 is 5.18. The van der Waals surface area contributed by atoms with Crippen molar-refractivity contribution in [3.63, 3.8) is 0 Å². The van der Waals surface area contributed by atoms with E-state index in [1.807, 2.05) is 12.1 Å². The Balaban J connectivity index is 2.12. The molecule has 7 nitrogen and oxygen atoms in total. The molecule has 0 atom stereocenters. The molecule has 0 fully saturated rings. The van der Waals surface area contributed by atoms with Gasteiger partial charge in [0, 0.05) is 42.3 Å². The van der Waals surface area contributed by atoms with Gasteiger partial charge in [-0.15, -0.1) is 0 Å². The molecule has 2 aromatic carbocycles. The fourth-order valence-corrected chi connectivity index (χ4v) is 2.97. The van der Waals surface area contributed by atoms with Gasteiger partial charge in [0.05, 0.1) is 12.8 Å². The van der Waals surface area contributed by atoms with Gasteiger partial charge in [0.1, 0.15) is 5.75 Å². The van der Waals surface area contributed by atoms with Crippen LogP contribution < -0.4 is 20.2 Å². The molecule has 0 saturated carbocycles. The van der Waals surface area contributed by atoms with Gasteiger partial charge >= 0.3 is 0 Å². The largest absolute Gasteiger partial charge is 0.550 e. The van der Waals surface area contributed by atoms with E-state index in [0.717, 1.165) is 18.8 Å². The molecule has 0 radical (unpaired) electrons. The van der Waals surface area contributed by atoms with Gasteiger partial charge in [-0.1, -0.05) is 0 Å². The van der Waals surface area contributed by atoms with Gasteiger partial charge in [0.25, 0.3) is 5.91 Å². The molecule has 7 heteroatoms. The van der Waals surface area contributed by atoms with E-state index in [9.17, 15) is 14.7 Å². The predicted octanol–water partition coefficient (Wildman–Crippen LogP) is 1.99. The van der Waals surface area contributed by atoms with Gasteiger partial charge < -0.3 is 19.5 Å². The summed E-state index contributed by atoms with van der Waals surface area (Å²) in [6.07, 6.45) is -0.268. The fourth-order valence-electron chi connectivity index (χ4n) is 2.97. The standard InChI is InChI=1S/C22H27N3O4/c1-5-25(6-2)19-10-7-16(8-11-19)22(28)24-23-15(3)17-9-12-20(29-4)18(13-17)14-21(26)27/h7-13H,5-6,14H2,1-4H3,(H,24,28)(H,26,27)/p-1/b23-15-. The molecule has 1 N–H and O–H groups in total. The van der Waals surface area contributed by atoms with Gasteiger partial charge in [-0.3, -0.25) is 4.79 Å². The summed E-state index contributed by atoms with van der Waals surface area (Å²) >= 11 is 0. The zero-order valence-corrected chi connectivity index (χ0v) is 17.2. The minimum absolute atomic E-state index is 0.268. The normalized spacial score (nSPS) is 11.1. The second-order valence-electron chi connectivity index (χ2n) is 6.43. The molecule has 0 unspecified atom stereocenters. The average molecular weight is 396 g/mol. The Morgan fingerprint density at radius 3 is 2.24 bits per heavy atom. The number of rotatable bonds is 9. The number of ether oxygens (including phenoxy) is 1. The molecule has 0 saturated heterocycles. The van der Waals surface area contributed by atoms with Gasteiger partial charge in [-0.25, -0.2) is 5.43 Å². The van der Waals surface area contributed by atoms with Crippen LogP contribution in [0.2, 0.25) is 0 Å². The average Bonchev–Trinajstić information content (AvgIpc) is 2.72. The molecule has 0 aromatic heterocycles. The third-order valence-electron chi connectivity index (χ3n) is 4.62. The number of hydrazone groups is 1. The van der Waals surface area contributed by atoms with Crippen LogP contribution in [0.5, 0.6) is 5.75 Å². The predicted molar refractivity (Wildman–Crippen MR) is 111 cm³/mol. The number of nitrogens with one attached hydrogen (secondary N) is 1. The molecule has 29 heavy (non-hydrogen) atoms. The zero-order valence-electron chi connectivity index (χ0n) is 17.2. The van der Waals surface area contributed by atoms with Gasteiger partial charge in [0.2, 0.25) is 0 Å². The lowest BCUT2D eigenvalue weighted by molar-refractivity contribution is -0.304. The summed E-state index contributed by atoms with van der Waals surface area (Å²) in [6.45, 7) is 7.69. The van der Waals surface area contributed by atoms with Crippen LogP contribution in [-0.2, 0) is 11.2 Å². The maximum atomic E-state index is 12.4. The Bertz CT molecular complexity index is 887. The van der Waals surface area contributed by atoms with E-state index in [-0.39, 0.29) is 12.3 Å². The number of benzene rings is 2. The molecule has 154 valence electrons. The van der Waals surface area contributed by atoms with Crippen LogP contribution in [0, 0.1) is 0 Å². The highest BCUT2D eigenvalue weighted by Crippen LogP contribution is 2.21. The lowest BCUT2D eigenvalue weighted by Crippen LogP contribution is -2.24. The van der Waals surface area contributed by atoms with Crippen LogP contribution in [0.25, 0.3) is 0 Å². The van der Waals surface area contributed by atoms with Crippen LogP contribution in [0.15, 0.2) is 47.6 Å². The molecular weight excluding hydrogens is 370 g/mol. The summed E-state index contributed by atoms with van der Waals surface area (Å²) in [5.41, 5.74) is 5.81. The molecule has 0 heterocycles. The highest BCUT2D eigenvalue weighted by molar-refractivity contribution is 6.01. The van der Waals surface area contributed by atoms with Crippen LogP contribution in [0.3, 0.4) is 0 Å². The number of hydrogen-bond donors (Lipinski definition) is 1. The molecule has 1 amide bonds. The molecule has 2 aromatic rings. The number of carboxylic acid groups (broad SMARTS) is 1. The van der Waals surface area contributed by atoms with Gasteiger partial charge in [0.15, 0.2) is 0 Å². The second-order valence-corrected chi connectivity index (χ2v) is 6.43. The van der Waals surface area contributed by atoms with E-state index in [4.69, 9.17) is 4.74 Å². The Labute approximate surface area is 171 Å². The number of hydrogen-bond acceptors (Lipinski definition) is 6. The number of nitrogens with zero attached hydrogens (tertiary/aromatic N) is 2. The minimum Gasteiger partial charge on any atom is -0.550 e. The Kier molecular flexibility index (Phi) is 7.77. The number of aliphatic carboxylic acids is 1. The Morgan fingerprint density at radius 2 is 1.69 bits per heavy atom. The van der Waals surface area contributed by atoms with Crippen molar-refractivity contribution < 1.29 is 19.4 Å². The highest BCUT2D eigenvalue weighted by Gasteiger charge is 2.09. The van der Waals surface area contributed by atoms with Crippen molar-refractivity contribution in [3.05, 3.63) is 59.2 Å². The topological polar surface area (TPSA) is 94.1 Å². The van der Waals surface area contributed by atoms with Crippen molar-refractivity contribution in [3.8, 4) is 5.75 Å². The molecule has 0 aliphatic heterocycles. The molecule has 0 aliphatic carbocycles. The summed E-state index contributed by atoms with van der Waals surface area (Å²) in [7, 11) is 1.47. The van der Waals surface area contributed by atoms with Crippen molar-refractivity contribution in [2.24, 2.45) is 5.10 Å². The number of anilines is 1. The monoisotopic (exact) mass is 396 g/mol. The van der Waals surface area contributed by atoms with Crippen LogP contribution >= 0.6 is 0 Å². The molecule has 0 aliphatic rings. The first-order valence-corrected chi connectivity index (χ1v) is 9.46. The number of carboxylic acids is 1. The maximum absolute atomic E-state index is 12.4. The molecular formula is C22H26N3O4-. The number of methoxy groups -OCH3 is 1. The summed E-state index contributed by atoms with van der Waals surface area (Å²) in [5, 5.41) is 15.1. The van der Waals surface area contributed by atoms with Crippen molar-refractivity contribution in [2.45, 2.75) is 27.2 Å². The summed E-state index contributed by atoms with van der Waals surface area (Å²) in [4.78, 5) is 25.5. The van der Waals surface area contributed by atoms with Crippen LogP contribution in [-0.4, -0.2) is 37.8 Å². The zero-order chi connectivity index (χ0) is 21.4. The number of carbonyl (C=O) groups excluding carboxylic acids is 2. The van der Waals surface area contributed by atoms with Gasteiger partial charge in [-0.05, 0) is 68.8 Å². The molecule has 0 bridgehead atoms. The Morgan fingerprint density at radius 1 is 1.07 bits per heavy atom. The van der Waals surface area contributed by atoms with Crippen molar-refractivity contribution in [1.82, 2.24) is 5.43 Å². The lowest BCUT2D eigenvalue weighted by atomic mass is 10.0. The first-order chi connectivity index (χ1) is 13.9. The SMILES string of the molecule is CCN(CC)c1ccc(C(=O)N/N=C(/C)c2ccc(OC)c(CC(=O)[O-])c2)cc1. The Hall–Kier alpha value is -3.35.